The molecule has 3 nitrogen and oxygen atoms in total. The Morgan fingerprint density at radius 1 is 1.33 bits per heavy atom. The van der Waals surface area contributed by atoms with Crippen molar-refractivity contribution in [2.24, 2.45) is 0 Å². The quantitative estimate of drug-likeness (QED) is 0.760. The van der Waals surface area contributed by atoms with Crippen LogP contribution in [0.4, 0.5) is 4.39 Å². The van der Waals surface area contributed by atoms with Crippen LogP contribution < -0.4 is 4.72 Å². The van der Waals surface area contributed by atoms with Crippen LogP contribution in [0.2, 0.25) is 5.02 Å². The molecule has 0 saturated heterocycles. The minimum Gasteiger partial charge on any atom is -0.210 e. The van der Waals surface area contributed by atoms with E-state index < -0.39 is 15.8 Å². The molecule has 114 valence electrons. The molecule has 2 rings (SSSR count). The topological polar surface area (TPSA) is 46.2 Å². The molecule has 21 heavy (non-hydrogen) atoms. The van der Waals surface area contributed by atoms with Gasteiger partial charge in [0.2, 0.25) is 10.0 Å². The van der Waals surface area contributed by atoms with Crippen LogP contribution in [-0.2, 0) is 15.8 Å². The molecule has 1 heterocycles. The van der Waals surface area contributed by atoms with Gasteiger partial charge in [0, 0.05) is 22.9 Å². The summed E-state index contributed by atoms with van der Waals surface area (Å²) in [5.74, 6) is 0.885. The molecule has 0 atom stereocenters. The fourth-order valence-electron chi connectivity index (χ4n) is 1.54. The molecule has 2 aromatic rings. The smallest absolute Gasteiger partial charge is 0.210 e. The van der Waals surface area contributed by atoms with Crippen molar-refractivity contribution in [1.29, 1.82) is 0 Å². The third-order valence-corrected chi connectivity index (χ3v) is 6.38. The highest BCUT2D eigenvalue weighted by atomic mass is 35.5. The van der Waals surface area contributed by atoms with Gasteiger partial charge in [-0.05, 0) is 29.6 Å². The van der Waals surface area contributed by atoms with Gasteiger partial charge in [-0.25, -0.2) is 17.5 Å². The van der Waals surface area contributed by atoms with Gasteiger partial charge in [0.05, 0.1) is 9.92 Å². The maximum Gasteiger partial charge on any atom is 0.240 e. The van der Waals surface area contributed by atoms with E-state index in [2.05, 4.69) is 4.72 Å². The summed E-state index contributed by atoms with van der Waals surface area (Å²) in [6.45, 7) is 0.313. The predicted molar refractivity (Wildman–Crippen MR) is 87.1 cm³/mol. The number of hydrogen-bond acceptors (Lipinski definition) is 4. The molecular formula is C13H13ClFNO2S3. The first-order chi connectivity index (χ1) is 9.99. The standard InChI is InChI=1S/C13H13ClFNO2S3/c14-12-8-11(3-4-13(12)15)21(17,18)16-5-7-19-9-10-2-1-6-20-10/h1-4,6,8,16H,5,7,9H2. The molecule has 0 spiro atoms. The number of benzene rings is 1. The van der Waals surface area contributed by atoms with Crippen molar-refractivity contribution in [3.63, 3.8) is 0 Å². The van der Waals surface area contributed by atoms with Gasteiger partial charge in [0.1, 0.15) is 5.82 Å². The summed E-state index contributed by atoms with van der Waals surface area (Å²) in [5, 5.41) is 1.81. The Kier molecular flexibility index (Phi) is 6.07. The fourth-order valence-corrected chi connectivity index (χ4v) is 4.67. The van der Waals surface area contributed by atoms with E-state index in [1.165, 1.54) is 10.9 Å². The van der Waals surface area contributed by atoms with Crippen LogP contribution in [0.5, 0.6) is 0 Å². The molecule has 0 aliphatic rings. The summed E-state index contributed by atoms with van der Waals surface area (Å²) in [7, 11) is -3.65. The Hall–Kier alpha value is -0.600. The zero-order valence-electron chi connectivity index (χ0n) is 10.9. The van der Waals surface area contributed by atoms with Crippen molar-refractivity contribution in [3.8, 4) is 0 Å². The average molecular weight is 366 g/mol. The lowest BCUT2D eigenvalue weighted by Crippen LogP contribution is -2.26. The van der Waals surface area contributed by atoms with E-state index in [1.54, 1.807) is 23.1 Å². The molecule has 0 unspecified atom stereocenters. The molecule has 0 aliphatic carbocycles. The first-order valence-electron chi connectivity index (χ1n) is 6.04. The zero-order chi connectivity index (χ0) is 15.3. The van der Waals surface area contributed by atoms with Crippen LogP contribution in [-0.4, -0.2) is 20.7 Å². The summed E-state index contributed by atoms with van der Waals surface area (Å²) < 4.78 is 39.5. The lowest BCUT2D eigenvalue weighted by atomic mass is 10.3. The highest BCUT2D eigenvalue weighted by Crippen LogP contribution is 2.20. The van der Waals surface area contributed by atoms with Crippen LogP contribution in [0.15, 0.2) is 40.6 Å². The van der Waals surface area contributed by atoms with Crippen LogP contribution >= 0.6 is 34.7 Å². The van der Waals surface area contributed by atoms with Crippen molar-refractivity contribution in [1.82, 2.24) is 4.72 Å². The minimum absolute atomic E-state index is 0.0304. The number of thioether (sulfide) groups is 1. The largest absolute Gasteiger partial charge is 0.240 e. The van der Waals surface area contributed by atoms with Gasteiger partial charge in [-0.1, -0.05) is 17.7 Å². The number of rotatable bonds is 7. The number of nitrogens with one attached hydrogen (secondary N) is 1. The summed E-state index contributed by atoms with van der Waals surface area (Å²) in [6.07, 6.45) is 0. The maximum absolute atomic E-state index is 13.0. The number of thiophene rings is 1. The average Bonchev–Trinajstić information content (AvgIpc) is 2.94. The Balaban J connectivity index is 1.82. The number of sulfonamides is 1. The van der Waals surface area contributed by atoms with E-state index in [-0.39, 0.29) is 9.92 Å². The third kappa shape index (κ3) is 4.96. The van der Waals surface area contributed by atoms with Gasteiger partial charge < -0.3 is 0 Å². The predicted octanol–water partition coefficient (Wildman–Crippen LogP) is 3.75. The first kappa shape index (κ1) is 16.8. The van der Waals surface area contributed by atoms with Crippen molar-refractivity contribution in [3.05, 3.63) is 51.4 Å². The third-order valence-electron chi connectivity index (χ3n) is 2.56. The van der Waals surface area contributed by atoms with E-state index in [0.717, 1.165) is 17.9 Å². The summed E-state index contributed by atoms with van der Waals surface area (Å²) in [6, 6.07) is 7.38. The van der Waals surface area contributed by atoms with E-state index in [9.17, 15) is 12.8 Å². The molecule has 1 aromatic heterocycles. The molecule has 0 fully saturated rings. The van der Waals surface area contributed by atoms with Crippen molar-refractivity contribution >= 4 is 44.7 Å². The lowest BCUT2D eigenvalue weighted by Gasteiger charge is -2.07. The molecule has 0 aliphatic heterocycles. The van der Waals surface area contributed by atoms with Gasteiger partial charge in [-0.3, -0.25) is 0 Å². The van der Waals surface area contributed by atoms with E-state index in [4.69, 9.17) is 11.6 Å². The van der Waals surface area contributed by atoms with Crippen LogP contribution in [0.25, 0.3) is 0 Å². The monoisotopic (exact) mass is 365 g/mol. The Labute approximate surface area is 136 Å². The molecule has 1 N–H and O–H groups in total. The van der Waals surface area contributed by atoms with Crippen LogP contribution in [0.3, 0.4) is 0 Å². The SMILES string of the molecule is O=S(=O)(NCCSCc1cccs1)c1ccc(F)c(Cl)c1. The minimum atomic E-state index is -3.65. The second-order valence-corrected chi connectivity index (χ2v) is 8.42. The van der Waals surface area contributed by atoms with E-state index in [0.29, 0.717) is 12.3 Å². The summed E-state index contributed by atoms with van der Waals surface area (Å²) in [5.41, 5.74) is 0. The Morgan fingerprint density at radius 2 is 2.14 bits per heavy atom. The van der Waals surface area contributed by atoms with Gasteiger partial charge in [0.15, 0.2) is 0 Å². The van der Waals surface area contributed by atoms with Crippen molar-refractivity contribution in [2.45, 2.75) is 10.6 Å². The Morgan fingerprint density at radius 3 is 2.81 bits per heavy atom. The highest BCUT2D eigenvalue weighted by Gasteiger charge is 2.15. The van der Waals surface area contributed by atoms with E-state index in [1.807, 2.05) is 17.5 Å². The lowest BCUT2D eigenvalue weighted by molar-refractivity contribution is 0.583. The summed E-state index contributed by atoms with van der Waals surface area (Å²) >= 11 is 8.92. The zero-order valence-corrected chi connectivity index (χ0v) is 14.1. The first-order valence-corrected chi connectivity index (χ1v) is 9.93. The molecule has 0 bridgehead atoms. The van der Waals surface area contributed by atoms with Gasteiger partial charge >= 0.3 is 0 Å². The fraction of sp³-hybridized carbons (Fsp3) is 0.231. The second-order valence-electron chi connectivity index (χ2n) is 4.11. The van der Waals surface area contributed by atoms with Crippen LogP contribution in [0, 0.1) is 5.82 Å². The molecule has 0 saturated carbocycles. The molecule has 0 amide bonds. The van der Waals surface area contributed by atoms with Crippen molar-refractivity contribution < 1.29 is 12.8 Å². The van der Waals surface area contributed by atoms with Gasteiger partial charge in [0.25, 0.3) is 0 Å². The highest BCUT2D eigenvalue weighted by molar-refractivity contribution is 7.98. The van der Waals surface area contributed by atoms with Crippen LogP contribution in [0.1, 0.15) is 4.88 Å². The molecule has 0 radical (unpaired) electrons. The van der Waals surface area contributed by atoms with Gasteiger partial charge in [-0.2, -0.15) is 11.8 Å². The second kappa shape index (κ2) is 7.60. The maximum atomic E-state index is 13.0. The number of hydrogen-bond donors (Lipinski definition) is 1. The van der Waals surface area contributed by atoms with Gasteiger partial charge in [-0.15, -0.1) is 11.3 Å². The Bertz CT molecular complexity index is 689. The van der Waals surface area contributed by atoms with Crippen molar-refractivity contribution in [2.75, 3.05) is 12.3 Å². The molecule has 8 heteroatoms. The summed E-state index contributed by atoms with van der Waals surface area (Å²) in [4.78, 5) is 1.23. The molecular weight excluding hydrogens is 353 g/mol. The molecule has 1 aromatic carbocycles. The van der Waals surface area contributed by atoms with E-state index >= 15 is 0 Å². The number of halogens is 2. The normalized spacial score (nSPS) is 11.7.